The third-order valence-electron chi connectivity index (χ3n) is 8.04. The Morgan fingerprint density at radius 2 is 0.787 bits per heavy atom. The molecule has 1 unspecified atom stereocenters. The molecule has 0 aromatic rings. The Labute approximate surface area is 369 Å². The third kappa shape index (κ3) is 45.0. The first kappa shape index (κ1) is 56.6. The summed E-state index contributed by atoms with van der Waals surface area (Å²) in [7, 11) is 1.34. The van der Waals surface area contributed by atoms with Gasteiger partial charge in [0.25, 0.3) is 0 Å². The predicted molar refractivity (Wildman–Crippen MR) is 256 cm³/mol. The van der Waals surface area contributed by atoms with Crippen molar-refractivity contribution in [3.05, 3.63) is 158 Å². The van der Waals surface area contributed by atoms with E-state index in [1.807, 2.05) is 65.4 Å². The molecular weight excluding hydrogens is 786 g/mol. The molecule has 0 spiro atoms. The number of likely N-dealkylation sites (N-methyl/N-ethyl adjacent to an activating group) is 1. The minimum Gasteiger partial charge on any atom is -0.461 e. The van der Waals surface area contributed by atoms with Crippen LogP contribution in [0.25, 0.3) is 0 Å². The molecule has 0 saturated heterocycles. The molecule has 0 bridgehead atoms. The molecule has 0 aliphatic rings. The molecular formula is C51H77NO8P+. The van der Waals surface area contributed by atoms with E-state index in [0.717, 1.165) is 57.8 Å². The normalized spacial score (nSPS) is 15.0. The molecule has 0 aliphatic heterocycles. The summed E-state index contributed by atoms with van der Waals surface area (Å²) in [4.78, 5) is 35.3. The standard InChI is InChI=1S/C51H76NO8P/c1-6-8-10-12-14-16-18-20-22-24-25-26-28-29-31-33-35-37-39-41-43-50(53)57-47-49(48-59-61(55,56)58-46-45-52(3,4)5)60-51(54)44-42-40-38-36-34-32-30-27-23-21-19-17-15-13-11-9-7-2/h6-9,12-15,18-21,24-25,27-30,33-36,39-42,49H,10-11,16-17,22-23,26,31-32,37-38,43-48H2,1-5H3/p+1/t49-/m1/s1. The molecule has 9 nitrogen and oxygen atoms in total. The van der Waals surface area contributed by atoms with Gasteiger partial charge >= 0.3 is 19.8 Å². The lowest BCUT2D eigenvalue weighted by atomic mass is 10.2. The van der Waals surface area contributed by atoms with Crippen molar-refractivity contribution in [3.63, 3.8) is 0 Å². The number of nitrogens with zero attached hydrogens (tertiary/aromatic N) is 1. The van der Waals surface area contributed by atoms with E-state index in [1.165, 1.54) is 0 Å². The van der Waals surface area contributed by atoms with E-state index in [-0.39, 0.29) is 26.1 Å². The van der Waals surface area contributed by atoms with Crippen LogP contribution in [0.5, 0.6) is 0 Å². The molecule has 0 aliphatic carbocycles. The number of hydrogen-bond acceptors (Lipinski definition) is 7. The number of phosphoric ester groups is 1. The lowest BCUT2D eigenvalue weighted by Crippen LogP contribution is -2.37. The Morgan fingerprint density at radius 1 is 0.475 bits per heavy atom. The van der Waals surface area contributed by atoms with Crippen molar-refractivity contribution in [2.75, 3.05) is 47.5 Å². The molecule has 10 heteroatoms. The maximum atomic E-state index is 12.6. The molecule has 1 N–H and O–H groups in total. The van der Waals surface area contributed by atoms with Crippen molar-refractivity contribution in [2.45, 2.75) is 103 Å². The SMILES string of the molecule is CC=CCC=CCC=CCC=CCC=CCC=CCC=CCC(=O)OC[C@H](COP(=O)(O)OCC[N+](C)(C)C)OC(=O)CC=CCC=CCC=CCC=CCC=CCC=CC. The number of allylic oxidation sites excluding steroid dienone is 24. The van der Waals surface area contributed by atoms with Gasteiger partial charge in [-0.15, -0.1) is 0 Å². The topological polar surface area (TPSA) is 108 Å². The summed E-state index contributed by atoms with van der Waals surface area (Å²) in [6, 6.07) is 0. The number of phosphoric acid groups is 1. The molecule has 0 aromatic carbocycles. The first-order valence-electron chi connectivity index (χ1n) is 21.6. The van der Waals surface area contributed by atoms with Gasteiger partial charge in [-0.2, -0.15) is 0 Å². The Morgan fingerprint density at radius 3 is 1.11 bits per heavy atom. The quantitative estimate of drug-likeness (QED) is 0.0287. The van der Waals surface area contributed by atoms with Crippen molar-refractivity contribution in [1.29, 1.82) is 0 Å². The van der Waals surface area contributed by atoms with Crippen LogP contribution < -0.4 is 0 Å². The Kier molecular flexibility index (Phi) is 38.1. The van der Waals surface area contributed by atoms with Gasteiger partial charge in [-0.3, -0.25) is 18.6 Å². The van der Waals surface area contributed by atoms with Crippen molar-refractivity contribution in [2.24, 2.45) is 0 Å². The van der Waals surface area contributed by atoms with Crippen LogP contribution in [0.2, 0.25) is 0 Å². The van der Waals surface area contributed by atoms with Crippen molar-refractivity contribution >= 4 is 19.8 Å². The number of carbonyl (C=O) groups excluding carboxylic acids is 2. The lowest BCUT2D eigenvalue weighted by molar-refractivity contribution is -0.870. The first-order valence-corrected chi connectivity index (χ1v) is 23.1. The van der Waals surface area contributed by atoms with E-state index in [4.69, 9.17) is 18.5 Å². The Hall–Kier alpha value is -4.37. The van der Waals surface area contributed by atoms with E-state index in [1.54, 1.807) is 12.2 Å². The smallest absolute Gasteiger partial charge is 0.461 e. The van der Waals surface area contributed by atoms with E-state index in [9.17, 15) is 19.0 Å². The van der Waals surface area contributed by atoms with Gasteiger partial charge in [-0.05, 0) is 84.5 Å². The van der Waals surface area contributed by atoms with Crippen molar-refractivity contribution in [1.82, 2.24) is 0 Å². The number of hydrogen-bond donors (Lipinski definition) is 1. The molecule has 0 heterocycles. The second-order valence-corrected chi connectivity index (χ2v) is 16.2. The molecule has 61 heavy (non-hydrogen) atoms. The highest BCUT2D eigenvalue weighted by Crippen LogP contribution is 2.43. The fourth-order valence-corrected chi connectivity index (χ4v) is 5.40. The van der Waals surface area contributed by atoms with Gasteiger partial charge in [-0.25, -0.2) is 4.57 Å². The van der Waals surface area contributed by atoms with Gasteiger partial charge in [0.15, 0.2) is 6.10 Å². The summed E-state index contributed by atoms with van der Waals surface area (Å²) in [5, 5.41) is 0. The van der Waals surface area contributed by atoms with E-state index >= 15 is 0 Å². The van der Waals surface area contributed by atoms with Gasteiger partial charge in [0.2, 0.25) is 0 Å². The molecule has 0 rings (SSSR count). The van der Waals surface area contributed by atoms with Crippen molar-refractivity contribution < 1.29 is 42.1 Å². The minimum atomic E-state index is -4.44. The highest BCUT2D eigenvalue weighted by atomic mass is 31.2. The molecule has 2 atom stereocenters. The fraction of sp³-hybridized carbons (Fsp3) is 0.451. The monoisotopic (exact) mass is 863 g/mol. The van der Waals surface area contributed by atoms with Crippen LogP contribution in [-0.4, -0.2) is 74.9 Å². The maximum Gasteiger partial charge on any atom is 0.472 e. The average Bonchev–Trinajstić information content (AvgIpc) is 3.21. The van der Waals surface area contributed by atoms with Gasteiger partial charge in [0, 0.05) is 0 Å². The molecule has 0 saturated carbocycles. The van der Waals surface area contributed by atoms with Crippen LogP contribution in [0.4, 0.5) is 0 Å². The summed E-state index contributed by atoms with van der Waals surface area (Å²) in [5.41, 5.74) is 0. The zero-order chi connectivity index (χ0) is 45.0. The number of carbonyl (C=O) groups is 2. The van der Waals surface area contributed by atoms with Crippen LogP contribution in [0.15, 0.2) is 158 Å². The van der Waals surface area contributed by atoms with E-state index < -0.39 is 32.5 Å². The molecule has 0 fully saturated rings. The predicted octanol–water partition coefficient (Wildman–Crippen LogP) is 12.6. The zero-order valence-corrected chi connectivity index (χ0v) is 38.7. The molecule has 0 radical (unpaired) electrons. The van der Waals surface area contributed by atoms with Crippen LogP contribution in [0.1, 0.15) is 97.3 Å². The summed E-state index contributed by atoms with van der Waals surface area (Å²) in [6.07, 6.45) is 62.3. The highest BCUT2D eigenvalue weighted by Gasteiger charge is 2.26. The molecule has 0 amide bonds. The lowest BCUT2D eigenvalue weighted by Gasteiger charge is -2.24. The highest BCUT2D eigenvalue weighted by molar-refractivity contribution is 7.47. The number of quaternary nitrogens is 1. The summed E-state index contributed by atoms with van der Waals surface area (Å²) < 4.78 is 34.0. The Bertz CT molecular complexity index is 1580. The fourth-order valence-electron chi connectivity index (χ4n) is 4.66. The minimum absolute atomic E-state index is 0.00970. The first-order chi connectivity index (χ1) is 29.5. The summed E-state index contributed by atoms with van der Waals surface area (Å²) in [5.74, 6) is -1.12. The van der Waals surface area contributed by atoms with Crippen LogP contribution in [0, 0.1) is 0 Å². The third-order valence-corrected chi connectivity index (χ3v) is 9.02. The molecule has 0 aromatic heterocycles. The van der Waals surface area contributed by atoms with Crippen LogP contribution in [-0.2, 0) is 32.7 Å². The van der Waals surface area contributed by atoms with Gasteiger partial charge in [0.05, 0.1) is 40.6 Å². The average molecular weight is 863 g/mol. The largest absolute Gasteiger partial charge is 0.472 e. The van der Waals surface area contributed by atoms with Crippen LogP contribution >= 0.6 is 7.82 Å². The van der Waals surface area contributed by atoms with E-state index in [2.05, 4.69) is 115 Å². The number of rotatable bonds is 36. The van der Waals surface area contributed by atoms with Gasteiger partial charge in [-0.1, -0.05) is 158 Å². The van der Waals surface area contributed by atoms with E-state index in [0.29, 0.717) is 23.9 Å². The van der Waals surface area contributed by atoms with Gasteiger partial charge in [0.1, 0.15) is 19.8 Å². The zero-order valence-electron chi connectivity index (χ0n) is 37.8. The summed E-state index contributed by atoms with van der Waals surface area (Å²) >= 11 is 0. The number of ether oxygens (including phenoxy) is 2. The van der Waals surface area contributed by atoms with Gasteiger partial charge < -0.3 is 18.9 Å². The number of esters is 2. The van der Waals surface area contributed by atoms with Crippen molar-refractivity contribution in [3.8, 4) is 0 Å². The van der Waals surface area contributed by atoms with Crippen LogP contribution in [0.3, 0.4) is 0 Å². The summed E-state index contributed by atoms with van der Waals surface area (Å²) in [6.45, 7) is 3.69. The Balaban J connectivity index is 4.68. The second kappa shape index (κ2) is 41.0. The second-order valence-electron chi connectivity index (χ2n) is 14.7. The molecule has 338 valence electrons. The maximum absolute atomic E-state index is 12.6.